The maximum Gasteiger partial charge on any atom is 0.224 e. The zero-order chi connectivity index (χ0) is 27.6. The van der Waals surface area contributed by atoms with Gasteiger partial charge in [0.2, 0.25) is 9.84 Å². The minimum Gasteiger partial charge on any atom is -0.369 e. The van der Waals surface area contributed by atoms with E-state index in [4.69, 9.17) is 32.9 Å². The molecule has 0 saturated heterocycles. The molecule has 3 aromatic carbocycles. The van der Waals surface area contributed by atoms with E-state index < -0.39 is 9.84 Å². The summed E-state index contributed by atoms with van der Waals surface area (Å²) in [5.41, 5.74) is 3.17. The molecule has 2 heterocycles. The highest BCUT2D eigenvalue weighted by Gasteiger charge is 2.31. The van der Waals surface area contributed by atoms with Crippen molar-refractivity contribution in [2.75, 3.05) is 0 Å². The fraction of sp³-hybridized carbons (Fsp3) is 0.200. The molecule has 39 heavy (non-hydrogen) atoms. The van der Waals surface area contributed by atoms with Crippen LogP contribution < -0.4 is 0 Å². The zero-order valence-corrected chi connectivity index (χ0v) is 23.8. The Balaban J connectivity index is 1.62. The van der Waals surface area contributed by atoms with Gasteiger partial charge in [0.15, 0.2) is 5.03 Å². The van der Waals surface area contributed by atoms with Crippen LogP contribution in [0, 0.1) is 0 Å². The van der Waals surface area contributed by atoms with E-state index in [9.17, 15) is 8.42 Å². The van der Waals surface area contributed by atoms with Gasteiger partial charge in [-0.3, -0.25) is 4.98 Å². The van der Waals surface area contributed by atoms with Crippen LogP contribution in [-0.2, 0) is 34.3 Å². The number of aromatic nitrogens is 3. The molecule has 0 bridgehead atoms. The van der Waals surface area contributed by atoms with E-state index in [1.165, 1.54) is 18.2 Å². The minimum absolute atomic E-state index is 0.0106. The largest absolute Gasteiger partial charge is 0.369 e. The van der Waals surface area contributed by atoms with Gasteiger partial charge in [0.25, 0.3) is 0 Å². The Morgan fingerprint density at radius 1 is 0.872 bits per heavy atom. The number of rotatable bonds is 9. The number of para-hydroxylation sites is 1. The van der Waals surface area contributed by atoms with Crippen molar-refractivity contribution in [2.24, 2.45) is 0 Å². The molecule has 2 aromatic heterocycles. The standard InChI is InChI=1S/C30H27Cl2N3O3S/c1-20(2)29-30(39(36,37)26-14-24(31)13-25(32)15-26)35(17-22-12-23-10-6-7-11-27(23)33-16-22)28(34-29)19-38-18-21-8-4-3-5-9-21/h3-16,20H,17-19H2,1-2H3. The van der Waals surface area contributed by atoms with Crippen molar-refractivity contribution in [1.82, 2.24) is 14.5 Å². The van der Waals surface area contributed by atoms with Gasteiger partial charge >= 0.3 is 0 Å². The van der Waals surface area contributed by atoms with Gasteiger partial charge in [-0.1, -0.05) is 85.6 Å². The molecule has 0 amide bonds. The lowest BCUT2D eigenvalue weighted by atomic mass is 10.1. The Hall–Kier alpha value is -3.23. The summed E-state index contributed by atoms with van der Waals surface area (Å²) in [6.07, 6.45) is 1.76. The van der Waals surface area contributed by atoms with E-state index in [1.807, 2.05) is 74.5 Å². The number of benzene rings is 3. The molecule has 0 spiro atoms. The van der Waals surface area contributed by atoms with Crippen molar-refractivity contribution < 1.29 is 13.2 Å². The molecule has 0 atom stereocenters. The molecule has 0 radical (unpaired) electrons. The van der Waals surface area contributed by atoms with Gasteiger partial charge in [0.1, 0.15) is 12.4 Å². The fourth-order valence-electron chi connectivity index (χ4n) is 4.45. The highest BCUT2D eigenvalue weighted by atomic mass is 35.5. The number of ether oxygens (including phenoxy) is 1. The molecule has 0 saturated carbocycles. The first-order valence-electron chi connectivity index (χ1n) is 12.5. The highest BCUT2D eigenvalue weighted by Crippen LogP contribution is 2.33. The minimum atomic E-state index is -4.05. The van der Waals surface area contributed by atoms with Crippen molar-refractivity contribution in [3.05, 3.63) is 118 Å². The van der Waals surface area contributed by atoms with Crippen LogP contribution in [0.3, 0.4) is 0 Å². The second kappa shape index (κ2) is 11.5. The Morgan fingerprint density at radius 2 is 1.56 bits per heavy atom. The van der Waals surface area contributed by atoms with Crippen molar-refractivity contribution in [2.45, 2.75) is 49.4 Å². The Bertz CT molecular complexity index is 1720. The molecule has 0 fully saturated rings. The van der Waals surface area contributed by atoms with Gasteiger partial charge in [-0.15, -0.1) is 0 Å². The van der Waals surface area contributed by atoms with Gasteiger partial charge < -0.3 is 9.30 Å². The predicted octanol–water partition coefficient (Wildman–Crippen LogP) is 7.46. The van der Waals surface area contributed by atoms with Crippen LogP contribution in [-0.4, -0.2) is 23.0 Å². The summed E-state index contributed by atoms with van der Waals surface area (Å²) in [5, 5.41) is 1.54. The van der Waals surface area contributed by atoms with Crippen LogP contribution in [0.25, 0.3) is 10.9 Å². The first-order chi connectivity index (χ1) is 18.7. The lowest BCUT2D eigenvalue weighted by Crippen LogP contribution is -2.16. The average molecular weight is 581 g/mol. The van der Waals surface area contributed by atoms with E-state index in [2.05, 4.69) is 4.98 Å². The quantitative estimate of drug-likeness (QED) is 0.181. The molecule has 0 aliphatic rings. The first kappa shape index (κ1) is 27.3. The number of imidazole rings is 1. The van der Waals surface area contributed by atoms with E-state index in [-0.39, 0.29) is 39.0 Å². The summed E-state index contributed by atoms with van der Waals surface area (Å²) in [4.78, 5) is 9.39. The highest BCUT2D eigenvalue weighted by molar-refractivity contribution is 7.91. The Kier molecular flexibility index (Phi) is 8.05. The van der Waals surface area contributed by atoms with Gasteiger partial charge in [0, 0.05) is 21.6 Å². The lowest BCUT2D eigenvalue weighted by Gasteiger charge is -2.15. The smallest absolute Gasteiger partial charge is 0.224 e. The van der Waals surface area contributed by atoms with E-state index >= 15 is 0 Å². The summed E-state index contributed by atoms with van der Waals surface area (Å²) in [7, 11) is -4.05. The molecule has 0 unspecified atom stereocenters. The number of hydrogen-bond donors (Lipinski definition) is 0. The maximum atomic E-state index is 14.2. The number of hydrogen-bond acceptors (Lipinski definition) is 5. The summed E-state index contributed by atoms with van der Waals surface area (Å²) >= 11 is 12.4. The number of pyridine rings is 1. The average Bonchev–Trinajstić information content (AvgIpc) is 3.28. The van der Waals surface area contributed by atoms with Crippen molar-refractivity contribution in [3.8, 4) is 0 Å². The van der Waals surface area contributed by atoms with Gasteiger partial charge in [-0.25, -0.2) is 13.4 Å². The molecule has 5 rings (SSSR count). The first-order valence-corrected chi connectivity index (χ1v) is 14.7. The normalized spacial score (nSPS) is 11.9. The van der Waals surface area contributed by atoms with Gasteiger partial charge in [-0.05, 0) is 47.4 Å². The number of sulfone groups is 1. The van der Waals surface area contributed by atoms with Crippen LogP contribution in [0.15, 0.2) is 95.0 Å². The number of nitrogens with zero attached hydrogens (tertiary/aromatic N) is 3. The molecular formula is C30H27Cl2N3O3S. The van der Waals surface area contributed by atoms with Crippen molar-refractivity contribution >= 4 is 43.9 Å². The van der Waals surface area contributed by atoms with E-state index in [1.54, 1.807) is 10.8 Å². The summed E-state index contributed by atoms with van der Waals surface area (Å²) < 4.78 is 36.1. The molecule has 200 valence electrons. The van der Waals surface area contributed by atoms with Crippen LogP contribution >= 0.6 is 23.2 Å². The monoisotopic (exact) mass is 579 g/mol. The topological polar surface area (TPSA) is 74.1 Å². The summed E-state index contributed by atoms with van der Waals surface area (Å²) in [6.45, 7) is 4.58. The molecule has 6 nitrogen and oxygen atoms in total. The summed E-state index contributed by atoms with van der Waals surface area (Å²) in [5.74, 6) is 0.336. The molecule has 0 N–H and O–H groups in total. The molecular weight excluding hydrogens is 553 g/mol. The fourth-order valence-corrected chi connectivity index (χ4v) is 6.91. The molecule has 5 aromatic rings. The second-order valence-electron chi connectivity index (χ2n) is 9.58. The maximum absolute atomic E-state index is 14.2. The van der Waals surface area contributed by atoms with Crippen molar-refractivity contribution in [1.29, 1.82) is 0 Å². The number of halogens is 2. The van der Waals surface area contributed by atoms with Gasteiger partial charge in [-0.2, -0.15) is 0 Å². The number of fused-ring (bicyclic) bond motifs is 1. The van der Waals surface area contributed by atoms with Crippen LogP contribution in [0.4, 0.5) is 0 Å². The van der Waals surface area contributed by atoms with Crippen LogP contribution in [0.1, 0.15) is 42.4 Å². The molecule has 0 aliphatic heterocycles. The Labute approximate surface area is 238 Å². The predicted molar refractivity (Wildman–Crippen MR) is 154 cm³/mol. The third kappa shape index (κ3) is 6.02. The third-order valence-electron chi connectivity index (χ3n) is 6.30. The summed E-state index contributed by atoms with van der Waals surface area (Å²) in [6, 6.07) is 23.9. The zero-order valence-electron chi connectivity index (χ0n) is 21.5. The van der Waals surface area contributed by atoms with Crippen LogP contribution in [0.2, 0.25) is 10.0 Å². The Morgan fingerprint density at radius 3 is 2.28 bits per heavy atom. The third-order valence-corrected chi connectivity index (χ3v) is 8.54. The van der Waals surface area contributed by atoms with Crippen molar-refractivity contribution in [3.63, 3.8) is 0 Å². The van der Waals surface area contributed by atoms with Gasteiger partial charge in [0.05, 0.1) is 29.3 Å². The van der Waals surface area contributed by atoms with E-state index in [0.717, 1.165) is 22.0 Å². The van der Waals surface area contributed by atoms with Crippen LogP contribution in [0.5, 0.6) is 0 Å². The van der Waals surface area contributed by atoms with E-state index in [0.29, 0.717) is 18.1 Å². The molecule has 0 aliphatic carbocycles. The lowest BCUT2D eigenvalue weighted by molar-refractivity contribution is 0.0991. The molecule has 9 heteroatoms. The second-order valence-corrected chi connectivity index (χ2v) is 12.3. The SMILES string of the molecule is CC(C)c1nc(COCc2ccccc2)n(Cc2cnc3ccccc3c2)c1S(=O)(=O)c1cc(Cl)cc(Cl)c1.